The third kappa shape index (κ3) is 79.4. The minimum Gasteiger partial charge on any atom is -0.481 e. The monoisotopic (exact) mass is 1640 g/mol. The molecule has 0 aromatic heterocycles. The number of carbonyl (C=O) groups excluding carboxylic acids is 3. The van der Waals surface area contributed by atoms with Crippen LogP contribution in [0.25, 0.3) is 0 Å². The van der Waals surface area contributed by atoms with Gasteiger partial charge in [-0.25, -0.2) is 4.79 Å². The summed E-state index contributed by atoms with van der Waals surface area (Å²) < 4.78 is 133. The Morgan fingerprint density at radius 3 is 0.681 bits per heavy atom. The van der Waals surface area contributed by atoms with Crippen LogP contribution < -0.4 is 5.32 Å². The smallest absolute Gasteiger partial charge is 0.335 e. The van der Waals surface area contributed by atoms with Gasteiger partial charge in [-0.3, -0.25) is 24.5 Å². The van der Waals surface area contributed by atoms with Crippen molar-refractivity contribution in [3.63, 3.8) is 0 Å². The Morgan fingerprint density at radius 2 is 0.469 bits per heavy atom. The first kappa shape index (κ1) is 108. The van der Waals surface area contributed by atoms with Gasteiger partial charge in [0.15, 0.2) is 0 Å². The molecule has 113 heavy (non-hydrogen) atoms. The Kier molecular flexibility index (Phi) is 85.0. The Hall–Kier alpha value is -3.45. The molecule has 0 bridgehead atoms. The first-order valence-electron chi connectivity index (χ1n) is 41.8. The van der Waals surface area contributed by atoms with Crippen LogP contribution in [0.2, 0.25) is 0 Å². The fourth-order valence-electron chi connectivity index (χ4n) is 10.6. The van der Waals surface area contributed by atoms with E-state index in [1.54, 1.807) is 0 Å². The van der Waals surface area contributed by atoms with Gasteiger partial charge in [0, 0.05) is 25.8 Å². The topological polar surface area (TPSA) is 372 Å². The standard InChI is InChI=1S/C79H150N2O32/c1-2-3-4-5-6-8-11-14-17-23-79(78(87)88,24-18-15-12-9-7-10-13-16-19-76(84)85)80-25-27-90-29-31-92-33-35-94-37-39-96-41-43-98-45-47-100-49-51-102-53-55-104-57-59-106-61-63-108-65-67-110-69-71-112-73-72-111-70-68-109-66-64-107-62-60-105-58-56-103-54-52-101-50-48-99-46-44-97-42-40-95-38-36-93-34-32-91-30-28-89-26-22-77(86)113-81-74(82)20-21-75(81)83/h80H,2-73H2,1H3,(H,84,85)(H,87,88). The molecule has 0 saturated carbocycles. The predicted octanol–water partition coefficient (Wildman–Crippen LogP) is 6.70. The van der Waals surface area contributed by atoms with Gasteiger partial charge in [0.25, 0.3) is 11.8 Å². The van der Waals surface area contributed by atoms with E-state index in [-0.39, 0.29) is 38.9 Å². The minimum absolute atomic E-state index is 0.0498. The van der Waals surface area contributed by atoms with E-state index in [2.05, 4.69) is 12.2 Å². The van der Waals surface area contributed by atoms with Crippen molar-refractivity contribution >= 4 is 29.7 Å². The molecule has 2 amide bonds. The first-order chi connectivity index (χ1) is 55.7. The normalized spacial score (nSPS) is 13.0. The van der Waals surface area contributed by atoms with Gasteiger partial charge < -0.3 is 129 Å². The number of hydrogen-bond acceptors (Lipinski definition) is 31. The van der Waals surface area contributed by atoms with Gasteiger partial charge in [0.1, 0.15) is 5.54 Å². The fraction of sp³-hybridized carbons (Fsp3) is 0.937. The van der Waals surface area contributed by atoms with E-state index < -0.39 is 35.3 Å². The number of rotatable bonds is 99. The maximum absolute atomic E-state index is 12.8. The van der Waals surface area contributed by atoms with E-state index in [1.165, 1.54) is 38.5 Å². The molecule has 1 aliphatic heterocycles. The molecule has 1 saturated heterocycles. The lowest BCUT2D eigenvalue weighted by molar-refractivity contribution is -0.198. The lowest BCUT2D eigenvalue weighted by Crippen LogP contribution is -2.53. The van der Waals surface area contributed by atoms with Crippen molar-refractivity contribution in [2.45, 2.75) is 160 Å². The number of carboxylic acids is 2. The molecule has 0 spiro atoms. The molecule has 3 N–H and O–H groups in total. The van der Waals surface area contributed by atoms with E-state index in [1.807, 2.05) is 0 Å². The number of amides is 2. The number of nitrogens with one attached hydrogen (secondary N) is 1. The van der Waals surface area contributed by atoms with Crippen LogP contribution in [0, 0.1) is 0 Å². The zero-order valence-electron chi connectivity index (χ0n) is 69.0. The number of nitrogens with zero attached hydrogens (tertiary/aromatic N) is 1. The van der Waals surface area contributed by atoms with Crippen LogP contribution in [0.1, 0.15) is 155 Å². The van der Waals surface area contributed by atoms with Gasteiger partial charge in [-0.2, -0.15) is 0 Å². The Morgan fingerprint density at radius 1 is 0.274 bits per heavy atom. The van der Waals surface area contributed by atoms with Crippen molar-refractivity contribution in [3.05, 3.63) is 0 Å². The average Bonchev–Trinajstić information content (AvgIpc) is 1.55. The molecule has 0 aromatic rings. The highest BCUT2D eigenvalue weighted by molar-refractivity contribution is 6.01. The third-order valence-corrected chi connectivity index (χ3v) is 16.8. The predicted molar refractivity (Wildman–Crippen MR) is 415 cm³/mol. The number of ether oxygens (including phenoxy) is 24. The third-order valence-electron chi connectivity index (χ3n) is 16.8. The highest BCUT2D eigenvalue weighted by Gasteiger charge is 2.37. The number of carboxylic acid groups (broad SMARTS) is 2. The molecular weight excluding hydrogens is 1490 g/mol. The largest absolute Gasteiger partial charge is 0.481 e. The molecule has 1 fully saturated rings. The second-order valence-electron chi connectivity index (χ2n) is 26.1. The summed E-state index contributed by atoms with van der Waals surface area (Å²) >= 11 is 0. The molecule has 34 heteroatoms. The Bertz CT molecular complexity index is 2020. The van der Waals surface area contributed by atoms with E-state index in [0.717, 1.165) is 70.6 Å². The molecule has 0 radical (unpaired) electrons. The highest BCUT2D eigenvalue weighted by atomic mass is 16.7. The Labute approximate surface area is 674 Å². The molecule has 1 rings (SSSR count). The summed E-state index contributed by atoms with van der Waals surface area (Å²) in [6, 6.07) is 0. The van der Waals surface area contributed by atoms with Crippen LogP contribution in [0.5, 0.6) is 0 Å². The maximum atomic E-state index is 12.8. The molecule has 1 atom stereocenters. The van der Waals surface area contributed by atoms with Crippen LogP contribution in [0.4, 0.5) is 0 Å². The van der Waals surface area contributed by atoms with Crippen LogP contribution in [0.15, 0.2) is 0 Å². The molecule has 1 aliphatic rings. The van der Waals surface area contributed by atoms with Crippen molar-refractivity contribution in [2.24, 2.45) is 0 Å². The maximum Gasteiger partial charge on any atom is 0.335 e. The molecular formula is C79H150N2O32. The lowest BCUT2D eigenvalue weighted by atomic mass is 9.86. The van der Waals surface area contributed by atoms with Gasteiger partial charge in [0.2, 0.25) is 0 Å². The van der Waals surface area contributed by atoms with E-state index >= 15 is 0 Å². The van der Waals surface area contributed by atoms with E-state index in [0.29, 0.717) is 328 Å². The van der Waals surface area contributed by atoms with Gasteiger partial charge in [-0.15, -0.1) is 5.06 Å². The number of aliphatic carboxylic acids is 2. The lowest BCUT2D eigenvalue weighted by Gasteiger charge is -2.31. The molecule has 0 aliphatic carbocycles. The van der Waals surface area contributed by atoms with Crippen molar-refractivity contribution in [1.82, 2.24) is 10.4 Å². The summed E-state index contributed by atoms with van der Waals surface area (Å²) in [6.45, 7) is 23.8. The number of imide groups is 1. The second-order valence-corrected chi connectivity index (χ2v) is 26.1. The van der Waals surface area contributed by atoms with E-state index in [4.69, 9.17) is 124 Å². The Balaban J connectivity index is 1.71. The summed E-state index contributed by atoms with van der Waals surface area (Å²) in [6.07, 6.45) is 20.0. The van der Waals surface area contributed by atoms with Crippen molar-refractivity contribution in [2.75, 3.05) is 324 Å². The molecule has 668 valence electrons. The molecule has 0 aromatic carbocycles. The van der Waals surface area contributed by atoms with Gasteiger partial charge in [-0.05, 0) is 19.3 Å². The first-order valence-corrected chi connectivity index (χ1v) is 41.8. The second kappa shape index (κ2) is 89.3. The van der Waals surface area contributed by atoms with Crippen LogP contribution in [-0.2, 0) is 142 Å². The van der Waals surface area contributed by atoms with Crippen molar-refractivity contribution < 1.29 is 153 Å². The van der Waals surface area contributed by atoms with Crippen LogP contribution in [-0.4, -0.2) is 374 Å². The van der Waals surface area contributed by atoms with Gasteiger partial charge in [0.05, 0.1) is 324 Å². The number of hydrogen-bond donors (Lipinski definition) is 3. The van der Waals surface area contributed by atoms with Crippen LogP contribution >= 0.6 is 0 Å². The zero-order valence-corrected chi connectivity index (χ0v) is 69.0. The molecule has 1 heterocycles. The number of unbranched alkanes of at least 4 members (excludes halogenated alkanes) is 15. The molecule has 34 nitrogen and oxygen atoms in total. The zero-order chi connectivity index (χ0) is 81.3. The van der Waals surface area contributed by atoms with E-state index in [9.17, 15) is 29.1 Å². The summed E-state index contributed by atoms with van der Waals surface area (Å²) in [5.41, 5.74) is -0.954. The molecule has 1 unspecified atom stereocenters. The fourth-order valence-corrected chi connectivity index (χ4v) is 10.6. The summed E-state index contributed by atoms with van der Waals surface area (Å²) in [5.74, 6) is -3.25. The average molecular weight is 1640 g/mol. The van der Waals surface area contributed by atoms with Gasteiger partial charge in [-0.1, -0.05) is 110 Å². The number of hydroxylamine groups is 2. The van der Waals surface area contributed by atoms with Crippen molar-refractivity contribution in [1.29, 1.82) is 0 Å². The SMILES string of the molecule is CCCCCCCCCCCC(CCCCCCCCCCC(=O)O)(NCCOCCOCCOCCOCCOCCOCCOCCOCCOCCOCCOCCOCCOCCOCCOCCOCCOCCOCCOCCOCCOCCOCCOCCOCCC(=O)ON1C(=O)CCC1=O)C(=O)O. The number of carbonyl (C=O) groups is 5. The minimum atomic E-state index is -0.954. The highest BCUT2D eigenvalue weighted by Crippen LogP contribution is 2.25. The quantitative estimate of drug-likeness (QED) is 0.0421. The van der Waals surface area contributed by atoms with Gasteiger partial charge >= 0.3 is 17.9 Å². The summed E-state index contributed by atoms with van der Waals surface area (Å²) in [5, 5.41) is 23.2. The van der Waals surface area contributed by atoms with Crippen LogP contribution in [0.3, 0.4) is 0 Å². The summed E-state index contributed by atoms with van der Waals surface area (Å²) in [4.78, 5) is 62.9. The van der Waals surface area contributed by atoms with Crippen molar-refractivity contribution in [3.8, 4) is 0 Å². The summed E-state index contributed by atoms with van der Waals surface area (Å²) in [7, 11) is 0.